The fraction of sp³-hybridized carbons (Fsp3) is 0.364. The van der Waals surface area contributed by atoms with E-state index in [4.69, 9.17) is 10.8 Å². The second kappa shape index (κ2) is 10.6. The molecule has 30 heavy (non-hydrogen) atoms. The molecular weight excluding hydrogens is 388 g/mol. The van der Waals surface area contributed by atoms with Crippen molar-refractivity contribution in [1.82, 2.24) is 0 Å². The van der Waals surface area contributed by atoms with Crippen molar-refractivity contribution in [2.24, 2.45) is 0 Å². The van der Waals surface area contributed by atoms with E-state index < -0.39 is 12.2 Å². The maximum atomic E-state index is 10.2. The van der Waals surface area contributed by atoms with Gasteiger partial charge < -0.3 is 41.5 Å². The zero-order valence-corrected chi connectivity index (χ0v) is 16.5. The van der Waals surface area contributed by atoms with Crippen LogP contribution in [0.25, 0.3) is 0 Å². The van der Waals surface area contributed by atoms with E-state index in [1.807, 2.05) is 0 Å². The fourth-order valence-electron chi connectivity index (χ4n) is 3.08. The van der Waals surface area contributed by atoms with Gasteiger partial charge in [0, 0.05) is 11.4 Å². The lowest BCUT2D eigenvalue weighted by Gasteiger charge is -2.14. The number of phenols is 4. The smallest absolute Gasteiger partial charge is 0.157 e. The number of rotatable bonds is 11. The molecule has 8 heteroatoms. The van der Waals surface area contributed by atoms with Gasteiger partial charge in [-0.2, -0.15) is 0 Å². The van der Waals surface area contributed by atoms with Crippen LogP contribution in [0.5, 0.6) is 23.0 Å². The van der Waals surface area contributed by atoms with E-state index in [9.17, 15) is 30.6 Å². The molecule has 0 fully saturated rings. The summed E-state index contributed by atoms with van der Waals surface area (Å²) < 4.78 is 0. The van der Waals surface area contributed by atoms with Gasteiger partial charge in [0.05, 0.1) is 0 Å². The molecular formula is C22H28N2O6. The number of hydrogen-bond acceptors (Lipinski definition) is 8. The number of hydrogen-bond donors (Lipinski definition) is 8. The maximum Gasteiger partial charge on any atom is 0.157 e. The first-order valence-electron chi connectivity index (χ1n) is 9.75. The van der Waals surface area contributed by atoms with Gasteiger partial charge in [-0.05, 0) is 61.1 Å². The van der Waals surface area contributed by atoms with Crippen molar-refractivity contribution in [1.29, 1.82) is 10.8 Å². The van der Waals surface area contributed by atoms with Crippen LogP contribution < -0.4 is 0 Å². The van der Waals surface area contributed by atoms with Crippen molar-refractivity contribution in [2.75, 3.05) is 0 Å². The summed E-state index contributed by atoms with van der Waals surface area (Å²) >= 11 is 0. The third-order valence-corrected chi connectivity index (χ3v) is 4.93. The van der Waals surface area contributed by atoms with E-state index in [0.29, 0.717) is 36.8 Å². The highest BCUT2D eigenvalue weighted by Gasteiger charge is 2.16. The molecule has 2 aromatic rings. The number of aliphatic hydroxyl groups is 2. The second-order valence-electron chi connectivity index (χ2n) is 7.27. The minimum atomic E-state index is -1.14. The molecule has 0 saturated heterocycles. The average Bonchev–Trinajstić information content (AvgIpc) is 2.73. The highest BCUT2D eigenvalue weighted by molar-refractivity contribution is 5.87. The molecule has 0 amide bonds. The normalized spacial score (nSPS) is 13.0. The van der Waals surface area contributed by atoms with Crippen LogP contribution in [-0.2, 0) is 0 Å². The Morgan fingerprint density at radius 3 is 1.30 bits per heavy atom. The molecule has 0 unspecified atom stereocenters. The van der Waals surface area contributed by atoms with Crippen molar-refractivity contribution in [2.45, 2.75) is 50.7 Å². The molecule has 0 aliphatic carbocycles. The molecule has 0 radical (unpaired) electrons. The lowest BCUT2D eigenvalue weighted by atomic mass is 9.98. The lowest BCUT2D eigenvalue weighted by molar-refractivity contribution is 0.242. The number of unbranched alkanes of at least 4 members (excludes halogenated alkanes) is 3. The Balaban J connectivity index is 1.68. The molecule has 8 nitrogen and oxygen atoms in total. The third kappa shape index (κ3) is 6.20. The average molecular weight is 416 g/mol. The maximum absolute atomic E-state index is 10.2. The van der Waals surface area contributed by atoms with E-state index in [1.165, 1.54) is 36.4 Å². The van der Waals surface area contributed by atoms with Crippen LogP contribution in [0.1, 0.15) is 61.9 Å². The van der Waals surface area contributed by atoms with E-state index in [1.54, 1.807) is 0 Å². The first-order chi connectivity index (χ1) is 14.2. The van der Waals surface area contributed by atoms with Crippen molar-refractivity contribution in [3.63, 3.8) is 0 Å². The van der Waals surface area contributed by atoms with Crippen LogP contribution in [0.4, 0.5) is 0 Å². The Bertz CT molecular complexity index is 826. The van der Waals surface area contributed by atoms with Crippen LogP contribution in [0.15, 0.2) is 36.4 Å². The van der Waals surface area contributed by atoms with Crippen LogP contribution in [0, 0.1) is 10.8 Å². The molecule has 0 bridgehead atoms. The predicted octanol–water partition coefficient (Wildman–Crippen LogP) is 3.66. The van der Waals surface area contributed by atoms with Crippen LogP contribution >= 0.6 is 0 Å². The molecule has 2 aromatic carbocycles. The molecule has 162 valence electrons. The van der Waals surface area contributed by atoms with Crippen molar-refractivity contribution in [3.05, 3.63) is 47.5 Å². The van der Waals surface area contributed by atoms with Gasteiger partial charge in [-0.3, -0.25) is 0 Å². The van der Waals surface area contributed by atoms with Gasteiger partial charge in [-0.25, -0.2) is 0 Å². The van der Waals surface area contributed by atoms with Crippen LogP contribution in [-0.4, -0.2) is 42.1 Å². The van der Waals surface area contributed by atoms with Crippen LogP contribution in [0.2, 0.25) is 0 Å². The Morgan fingerprint density at radius 1 is 0.600 bits per heavy atom. The third-order valence-electron chi connectivity index (χ3n) is 4.93. The summed E-state index contributed by atoms with van der Waals surface area (Å²) in [4.78, 5) is 0. The number of nitrogens with one attached hydrogen (secondary N) is 2. The fourth-order valence-corrected chi connectivity index (χ4v) is 3.08. The SMILES string of the molecule is N=C(CCCCCCC(=N)[C@H](O)c1ccc(O)c(O)c1)[C@@H](O)c1ccc(O)c(O)c1. The number of phenolic OH excluding ortho intramolecular Hbond substituents is 4. The Morgan fingerprint density at radius 2 is 0.967 bits per heavy atom. The summed E-state index contributed by atoms with van der Waals surface area (Å²) in [6.07, 6.45) is 1.44. The Labute approximate surface area is 174 Å². The minimum absolute atomic E-state index is 0.121. The standard InChI is InChI=1S/C22H28N2O6/c23-15(21(29)13-7-9-17(25)19(27)11-13)5-3-1-2-4-6-16(24)22(30)14-8-10-18(26)20(28)12-14/h7-12,21-30H,1-6H2/t21-,22+. The number of benzene rings is 2. The van der Waals surface area contributed by atoms with E-state index in [2.05, 4.69) is 0 Å². The summed E-state index contributed by atoms with van der Waals surface area (Å²) in [6.45, 7) is 0. The molecule has 0 spiro atoms. The quantitative estimate of drug-likeness (QED) is 0.158. The van der Waals surface area contributed by atoms with Crippen LogP contribution in [0.3, 0.4) is 0 Å². The number of aromatic hydroxyl groups is 4. The van der Waals surface area contributed by atoms with Gasteiger partial charge in [-0.15, -0.1) is 0 Å². The monoisotopic (exact) mass is 416 g/mol. The van der Waals surface area contributed by atoms with E-state index >= 15 is 0 Å². The molecule has 2 atom stereocenters. The topological polar surface area (TPSA) is 169 Å². The molecule has 0 aliphatic heterocycles. The van der Waals surface area contributed by atoms with Gasteiger partial charge in [0.1, 0.15) is 12.2 Å². The first kappa shape index (κ1) is 23.2. The predicted molar refractivity (Wildman–Crippen MR) is 113 cm³/mol. The van der Waals surface area contributed by atoms with Crippen molar-refractivity contribution in [3.8, 4) is 23.0 Å². The largest absolute Gasteiger partial charge is 0.504 e. The first-order valence-corrected chi connectivity index (χ1v) is 9.75. The highest BCUT2D eigenvalue weighted by atomic mass is 16.3. The van der Waals surface area contributed by atoms with Gasteiger partial charge in [0.25, 0.3) is 0 Å². The summed E-state index contributed by atoms with van der Waals surface area (Å²) in [5, 5.41) is 74.0. The number of aliphatic hydroxyl groups excluding tert-OH is 2. The van der Waals surface area contributed by atoms with Gasteiger partial charge in [0.2, 0.25) is 0 Å². The molecule has 0 saturated carbocycles. The van der Waals surface area contributed by atoms with Gasteiger partial charge in [-0.1, -0.05) is 25.0 Å². The van der Waals surface area contributed by atoms with E-state index in [-0.39, 0.29) is 34.4 Å². The Kier molecular flexibility index (Phi) is 8.20. The van der Waals surface area contributed by atoms with E-state index in [0.717, 1.165) is 12.8 Å². The lowest BCUT2D eigenvalue weighted by Crippen LogP contribution is -2.11. The Hall–Kier alpha value is -3.10. The van der Waals surface area contributed by atoms with Crippen molar-refractivity contribution >= 4 is 11.4 Å². The molecule has 8 N–H and O–H groups in total. The molecule has 0 aliphatic rings. The summed E-state index contributed by atoms with van der Waals surface area (Å²) in [7, 11) is 0. The molecule has 2 rings (SSSR count). The zero-order valence-electron chi connectivity index (χ0n) is 16.5. The molecule has 0 heterocycles. The summed E-state index contributed by atoms with van der Waals surface area (Å²) in [5.41, 5.74) is 0.932. The molecule has 0 aromatic heterocycles. The van der Waals surface area contributed by atoms with Crippen molar-refractivity contribution < 1.29 is 30.6 Å². The highest BCUT2D eigenvalue weighted by Crippen LogP contribution is 2.30. The summed E-state index contributed by atoms with van der Waals surface area (Å²) in [5.74, 6) is -1.25. The second-order valence-corrected chi connectivity index (χ2v) is 7.27. The minimum Gasteiger partial charge on any atom is -0.504 e. The van der Waals surface area contributed by atoms with Gasteiger partial charge in [0.15, 0.2) is 23.0 Å². The zero-order chi connectivity index (χ0) is 22.3. The van der Waals surface area contributed by atoms with Gasteiger partial charge >= 0.3 is 0 Å². The summed E-state index contributed by atoms with van der Waals surface area (Å²) in [6, 6.07) is 7.92.